The zero-order valence-electron chi connectivity index (χ0n) is 12.2. The summed E-state index contributed by atoms with van der Waals surface area (Å²) in [4.78, 5) is 12.3. The number of rotatable bonds is 3. The highest BCUT2D eigenvalue weighted by molar-refractivity contribution is 5.76. The molecule has 3 rings (SSSR count). The van der Waals surface area contributed by atoms with Crippen LogP contribution in [0.4, 0.5) is 0 Å². The molecular formula is C16H26O3. The Hall–Kier alpha value is -0.570. The highest BCUT2D eigenvalue weighted by Crippen LogP contribution is 2.43. The van der Waals surface area contributed by atoms with Gasteiger partial charge in [0.25, 0.3) is 0 Å². The van der Waals surface area contributed by atoms with Crippen LogP contribution in [0.3, 0.4) is 0 Å². The lowest BCUT2D eigenvalue weighted by molar-refractivity contribution is -0.159. The molecule has 0 amide bonds. The van der Waals surface area contributed by atoms with Crippen LogP contribution in [0.25, 0.3) is 0 Å². The van der Waals surface area contributed by atoms with Crippen molar-refractivity contribution in [2.75, 3.05) is 6.61 Å². The van der Waals surface area contributed by atoms with Gasteiger partial charge in [-0.05, 0) is 44.4 Å². The molecule has 1 heterocycles. The molecule has 0 aromatic rings. The Morgan fingerprint density at radius 2 is 1.89 bits per heavy atom. The van der Waals surface area contributed by atoms with Crippen molar-refractivity contribution in [2.45, 2.75) is 71.0 Å². The molecule has 4 atom stereocenters. The summed E-state index contributed by atoms with van der Waals surface area (Å²) in [5, 5.41) is 0. The van der Waals surface area contributed by atoms with Gasteiger partial charge in [-0.15, -0.1) is 0 Å². The summed E-state index contributed by atoms with van der Waals surface area (Å²) in [6.07, 6.45) is 8.80. The molecule has 1 saturated heterocycles. The fourth-order valence-electron chi connectivity index (χ4n) is 3.81. The summed E-state index contributed by atoms with van der Waals surface area (Å²) in [5.74, 6) is 1.16. The number of hydrogen-bond donors (Lipinski definition) is 0. The van der Waals surface area contributed by atoms with Crippen molar-refractivity contribution >= 4 is 5.97 Å². The number of carbonyl (C=O) groups is 1. The van der Waals surface area contributed by atoms with Crippen LogP contribution in [-0.4, -0.2) is 24.8 Å². The molecule has 108 valence electrons. The van der Waals surface area contributed by atoms with Gasteiger partial charge in [0, 0.05) is 0 Å². The average molecular weight is 266 g/mol. The molecule has 4 unspecified atom stereocenters. The number of fused-ring (bicyclic) bond motifs is 1. The first-order chi connectivity index (χ1) is 9.08. The van der Waals surface area contributed by atoms with E-state index in [-0.39, 0.29) is 11.4 Å². The smallest absolute Gasteiger partial charge is 0.311 e. The Kier molecular flexibility index (Phi) is 3.59. The number of ether oxygens (including phenoxy) is 2. The van der Waals surface area contributed by atoms with E-state index >= 15 is 0 Å². The van der Waals surface area contributed by atoms with Crippen LogP contribution in [0.2, 0.25) is 0 Å². The van der Waals surface area contributed by atoms with Crippen molar-refractivity contribution in [1.29, 1.82) is 0 Å². The molecule has 0 N–H and O–H groups in total. The van der Waals surface area contributed by atoms with Gasteiger partial charge in [-0.3, -0.25) is 4.79 Å². The third-order valence-corrected chi connectivity index (χ3v) is 5.51. The topological polar surface area (TPSA) is 38.8 Å². The van der Waals surface area contributed by atoms with Gasteiger partial charge in [-0.2, -0.15) is 0 Å². The number of epoxide rings is 1. The zero-order valence-corrected chi connectivity index (χ0v) is 12.2. The summed E-state index contributed by atoms with van der Waals surface area (Å²) < 4.78 is 11.2. The second kappa shape index (κ2) is 5.08. The van der Waals surface area contributed by atoms with Crippen LogP contribution in [0, 0.1) is 17.3 Å². The molecule has 1 aliphatic heterocycles. The van der Waals surface area contributed by atoms with Gasteiger partial charge in [0.2, 0.25) is 0 Å². The normalized spacial score (nSPS) is 40.3. The van der Waals surface area contributed by atoms with Crippen molar-refractivity contribution in [3.63, 3.8) is 0 Å². The first kappa shape index (κ1) is 13.4. The van der Waals surface area contributed by atoms with Gasteiger partial charge in [-0.25, -0.2) is 0 Å². The molecule has 0 spiro atoms. The Morgan fingerprint density at radius 3 is 2.63 bits per heavy atom. The molecule has 2 saturated carbocycles. The number of carbonyl (C=O) groups excluding carboxylic acids is 1. The lowest BCUT2D eigenvalue weighted by Crippen LogP contribution is -2.35. The van der Waals surface area contributed by atoms with E-state index in [1.807, 2.05) is 0 Å². The number of esters is 1. The maximum absolute atomic E-state index is 12.3. The lowest BCUT2D eigenvalue weighted by atomic mass is 9.76. The van der Waals surface area contributed by atoms with Gasteiger partial charge >= 0.3 is 5.97 Å². The predicted octanol–water partition coefficient (Wildman–Crippen LogP) is 3.31. The summed E-state index contributed by atoms with van der Waals surface area (Å²) in [6, 6.07) is 0. The molecule has 3 aliphatic rings. The van der Waals surface area contributed by atoms with E-state index in [2.05, 4.69) is 13.8 Å². The van der Waals surface area contributed by atoms with E-state index in [4.69, 9.17) is 9.47 Å². The SMILES string of the molecule is CC1CC2OC2CC1COC(=O)C1(C)CCCCC1. The van der Waals surface area contributed by atoms with Gasteiger partial charge in [-0.1, -0.05) is 26.2 Å². The molecule has 2 aliphatic carbocycles. The molecular weight excluding hydrogens is 240 g/mol. The van der Waals surface area contributed by atoms with Crippen LogP contribution in [-0.2, 0) is 14.3 Å². The Morgan fingerprint density at radius 1 is 1.21 bits per heavy atom. The third-order valence-electron chi connectivity index (χ3n) is 5.51. The van der Waals surface area contributed by atoms with Gasteiger partial charge in [0.1, 0.15) is 0 Å². The Balaban J connectivity index is 1.49. The minimum Gasteiger partial charge on any atom is -0.465 e. The van der Waals surface area contributed by atoms with E-state index in [1.54, 1.807) is 0 Å². The van der Waals surface area contributed by atoms with E-state index in [0.717, 1.165) is 25.7 Å². The monoisotopic (exact) mass is 266 g/mol. The quantitative estimate of drug-likeness (QED) is 0.581. The Bertz CT molecular complexity index is 346. The average Bonchev–Trinajstić information content (AvgIpc) is 3.14. The Labute approximate surface area is 116 Å². The van der Waals surface area contributed by atoms with Crippen LogP contribution in [0.1, 0.15) is 58.8 Å². The van der Waals surface area contributed by atoms with Gasteiger partial charge < -0.3 is 9.47 Å². The maximum atomic E-state index is 12.3. The van der Waals surface area contributed by atoms with Crippen molar-refractivity contribution in [3.05, 3.63) is 0 Å². The molecule has 0 bridgehead atoms. The van der Waals surface area contributed by atoms with E-state index in [1.165, 1.54) is 19.3 Å². The lowest BCUT2D eigenvalue weighted by Gasteiger charge is -2.32. The molecule has 0 radical (unpaired) electrons. The molecule has 19 heavy (non-hydrogen) atoms. The summed E-state index contributed by atoms with van der Waals surface area (Å²) in [5.41, 5.74) is -0.214. The fourth-order valence-corrected chi connectivity index (χ4v) is 3.81. The number of hydrogen-bond acceptors (Lipinski definition) is 3. The van der Waals surface area contributed by atoms with E-state index < -0.39 is 0 Å². The fraction of sp³-hybridized carbons (Fsp3) is 0.938. The molecule has 0 aromatic heterocycles. The summed E-state index contributed by atoms with van der Waals surface area (Å²) >= 11 is 0. The second-order valence-corrected chi connectivity index (χ2v) is 7.14. The van der Waals surface area contributed by atoms with Gasteiger partial charge in [0.05, 0.1) is 24.2 Å². The van der Waals surface area contributed by atoms with Crippen LogP contribution in [0.5, 0.6) is 0 Å². The molecule has 3 heteroatoms. The molecule has 3 fully saturated rings. The van der Waals surface area contributed by atoms with Crippen LogP contribution >= 0.6 is 0 Å². The van der Waals surface area contributed by atoms with E-state index in [9.17, 15) is 4.79 Å². The van der Waals surface area contributed by atoms with Gasteiger partial charge in [0.15, 0.2) is 0 Å². The highest BCUT2D eigenvalue weighted by Gasteiger charge is 2.47. The second-order valence-electron chi connectivity index (χ2n) is 7.14. The van der Waals surface area contributed by atoms with Crippen molar-refractivity contribution in [1.82, 2.24) is 0 Å². The first-order valence-corrected chi connectivity index (χ1v) is 7.91. The van der Waals surface area contributed by atoms with Crippen LogP contribution < -0.4 is 0 Å². The summed E-state index contributed by atoms with van der Waals surface area (Å²) in [7, 11) is 0. The zero-order chi connectivity index (χ0) is 13.5. The maximum Gasteiger partial charge on any atom is 0.311 e. The largest absolute Gasteiger partial charge is 0.465 e. The first-order valence-electron chi connectivity index (χ1n) is 7.91. The summed E-state index contributed by atoms with van der Waals surface area (Å²) in [6.45, 7) is 4.94. The molecule has 3 nitrogen and oxygen atoms in total. The van der Waals surface area contributed by atoms with Crippen molar-refractivity contribution in [2.24, 2.45) is 17.3 Å². The van der Waals surface area contributed by atoms with Crippen molar-refractivity contribution < 1.29 is 14.3 Å². The third kappa shape index (κ3) is 2.81. The van der Waals surface area contributed by atoms with E-state index in [0.29, 0.717) is 30.7 Å². The highest BCUT2D eigenvalue weighted by atomic mass is 16.6. The standard InChI is InChI=1S/C16H26O3/c1-11-8-13-14(19-13)9-12(11)10-18-15(17)16(2)6-4-3-5-7-16/h11-14H,3-10H2,1-2H3. The minimum atomic E-state index is -0.214. The van der Waals surface area contributed by atoms with Crippen molar-refractivity contribution in [3.8, 4) is 0 Å². The molecule has 0 aromatic carbocycles. The van der Waals surface area contributed by atoms with Crippen LogP contribution in [0.15, 0.2) is 0 Å². The predicted molar refractivity (Wildman–Crippen MR) is 72.7 cm³/mol. The minimum absolute atomic E-state index is 0.0400.